The number of rotatable bonds is 8. The SMILES string of the molecule is CC(C)CN(CC(C)C)S(=O)(=O)c1ccc(NC(=O)C(Cl)Cl)cc1. The molecule has 0 heterocycles. The molecule has 1 N–H and O–H groups in total. The molecule has 136 valence electrons. The first-order valence-corrected chi connectivity index (χ1v) is 10.0. The Hall–Kier alpha value is -0.820. The maximum absolute atomic E-state index is 12.8. The third-order valence-electron chi connectivity index (χ3n) is 3.10. The Morgan fingerprint density at radius 1 is 1.04 bits per heavy atom. The van der Waals surface area contributed by atoms with Crippen molar-refractivity contribution in [2.45, 2.75) is 37.4 Å². The lowest BCUT2D eigenvalue weighted by Crippen LogP contribution is -2.37. The normalized spacial score (nSPS) is 12.4. The molecule has 24 heavy (non-hydrogen) atoms. The van der Waals surface area contributed by atoms with Crippen LogP contribution in [0.4, 0.5) is 5.69 Å². The van der Waals surface area contributed by atoms with E-state index in [2.05, 4.69) is 5.32 Å². The highest BCUT2D eigenvalue weighted by Gasteiger charge is 2.25. The minimum absolute atomic E-state index is 0.190. The van der Waals surface area contributed by atoms with E-state index in [0.717, 1.165) is 0 Å². The van der Waals surface area contributed by atoms with Gasteiger partial charge in [0.05, 0.1) is 4.90 Å². The van der Waals surface area contributed by atoms with Gasteiger partial charge in [0, 0.05) is 18.8 Å². The second-order valence-electron chi connectivity index (χ2n) is 6.42. The van der Waals surface area contributed by atoms with Crippen molar-refractivity contribution < 1.29 is 13.2 Å². The number of carbonyl (C=O) groups excluding carboxylic acids is 1. The summed E-state index contributed by atoms with van der Waals surface area (Å²) in [5.41, 5.74) is 0.435. The summed E-state index contributed by atoms with van der Waals surface area (Å²) in [5.74, 6) is -0.113. The molecule has 5 nitrogen and oxygen atoms in total. The Labute approximate surface area is 154 Å². The van der Waals surface area contributed by atoms with Gasteiger partial charge in [-0.1, -0.05) is 50.9 Å². The molecular formula is C16H24Cl2N2O3S. The molecule has 0 aliphatic heterocycles. The summed E-state index contributed by atoms with van der Waals surface area (Å²) in [6, 6.07) is 5.97. The van der Waals surface area contributed by atoms with Crippen LogP contribution >= 0.6 is 23.2 Å². The number of anilines is 1. The molecule has 8 heteroatoms. The summed E-state index contributed by atoms with van der Waals surface area (Å²) in [6.07, 6.45) is 0. The number of hydrogen-bond acceptors (Lipinski definition) is 3. The minimum atomic E-state index is -3.58. The van der Waals surface area contributed by atoms with E-state index in [4.69, 9.17) is 23.2 Å². The topological polar surface area (TPSA) is 66.5 Å². The third kappa shape index (κ3) is 6.24. The van der Waals surface area contributed by atoms with Crippen molar-refractivity contribution >= 4 is 44.8 Å². The van der Waals surface area contributed by atoms with Gasteiger partial charge in [-0.05, 0) is 36.1 Å². The Balaban J connectivity index is 3.01. The van der Waals surface area contributed by atoms with Gasteiger partial charge in [0.25, 0.3) is 5.91 Å². The summed E-state index contributed by atoms with van der Waals surface area (Å²) in [5, 5.41) is 2.50. The van der Waals surface area contributed by atoms with Gasteiger partial charge in [-0.15, -0.1) is 0 Å². The van der Waals surface area contributed by atoms with Gasteiger partial charge in [-0.2, -0.15) is 4.31 Å². The molecule has 0 atom stereocenters. The third-order valence-corrected chi connectivity index (χ3v) is 5.34. The molecule has 1 aromatic carbocycles. The average molecular weight is 395 g/mol. The molecule has 0 radical (unpaired) electrons. The van der Waals surface area contributed by atoms with Crippen LogP contribution in [0.15, 0.2) is 29.2 Å². The Morgan fingerprint density at radius 2 is 1.50 bits per heavy atom. The highest BCUT2D eigenvalue weighted by molar-refractivity contribution is 7.89. The number of nitrogens with one attached hydrogen (secondary N) is 1. The van der Waals surface area contributed by atoms with E-state index in [9.17, 15) is 13.2 Å². The molecule has 0 aliphatic carbocycles. The van der Waals surface area contributed by atoms with Crippen LogP contribution in [-0.2, 0) is 14.8 Å². The first kappa shape index (κ1) is 21.2. The fraction of sp³-hybridized carbons (Fsp3) is 0.562. The van der Waals surface area contributed by atoms with Crippen molar-refractivity contribution in [3.8, 4) is 0 Å². The molecule has 1 aromatic rings. The van der Waals surface area contributed by atoms with Gasteiger partial charge >= 0.3 is 0 Å². The maximum atomic E-state index is 12.8. The predicted octanol–water partition coefficient (Wildman–Crippen LogP) is 3.73. The Morgan fingerprint density at radius 3 is 1.88 bits per heavy atom. The average Bonchev–Trinajstić information content (AvgIpc) is 2.46. The molecule has 0 fully saturated rings. The fourth-order valence-corrected chi connectivity index (χ4v) is 4.02. The van der Waals surface area contributed by atoms with Gasteiger partial charge in [-0.25, -0.2) is 8.42 Å². The number of carbonyl (C=O) groups is 1. The monoisotopic (exact) mass is 394 g/mol. The number of alkyl halides is 2. The van der Waals surface area contributed by atoms with E-state index < -0.39 is 20.8 Å². The fourth-order valence-electron chi connectivity index (χ4n) is 2.14. The van der Waals surface area contributed by atoms with Crippen LogP contribution in [-0.4, -0.2) is 36.6 Å². The van der Waals surface area contributed by atoms with E-state index in [1.54, 1.807) is 0 Å². The highest BCUT2D eigenvalue weighted by Crippen LogP contribution is 2.21. The molecule has 0 saturated heterocycles. The number of hydrogen-bond donors (Lipinski definition) is 1. The van der Waals surface area contributed by atoms with Gasteiger partial charge in [0.1, 0.15) is 0 Å². The van der Waals surface area contributed by atoms with Crippen LogP contribution in [0.2, 0.25) is 0 Å². The van der Waals surface area contributed by atoms with Crippen LogP contribution in [0, 0.1) is 11.8 Å². The first-order valence-electron chi connectivity index (χ1n) is 7.73. The van der Waals surface area contributed by atoms with Crippen molar-refractivity contribution in [3.05, 3.63) is 24.3 Å². The summed E-state index contributed by atoms with van der Waals surface area (Å²) in [6.45, 7) is 8.84. The van der Waals surface area contributed by atoms with E-state index >= 15 is 0 Å². The lowest BCUT2D eigenvalue weighted by Gasteiger charge is -2.25. The lowest BCUT2D eigenvalue weighted by atomic mass is 10.2. The van der Waals surface area contributed by atoms with Crippen molar-refractivity contribution in [2.24, 2.45) is 11.8 Å². The number of amides is 1. The molecule has 1 amide bonds. The molecular weight excluding hydrogens is 371 g/mol. The van der Waals surface area contributed by atoms with E-state index in [-0.39, 0.29) is 16.7 Å². The van der Waals surface area contributed by atoms with Crippen LogP contribution in [0.5, 0.6) is 0 Å². The van der Waals surface area contributed by atoms with Gasteiger partial charge in [0.15, 0.2) is 4.84 Å². The number of sulfonamides is 1. The summed E-state index contributed by atoms with van der Waals surface area (Å²) >= 11 is 10.9. The van der Waals surface area contributed by atoms with Crippen molar-refractivity contribution in [1.29, 1.82) is 0 Å². The maximum Gasteiger partial charge on any atom is 0.257 e. The molecule has 0 aromatic heterocycles. The summed E-state index contributed by atoms with van der Waals surface area (Å²) in [4.78, 5) is 10.5. The largest absolute Gasteiger partial charge is 0.324 e. The molecule has 0 spiro atoms. The Kier molecular flexibility index (Phi) is 7.99. The molecule has 0 aliphatic rings. The number of benzene rings is 1. The zero-order chi connectivity index (χ0) is 18.5. The Bertz CT molecular complexity index is 634. The van der Waals surface area contributed by atoms with Crippen molar-refractivity contribution in [3.63, 3.8) is 0 Å². The predicted molar refractivity (Wildman–Crippen MR) is 99.0 cm³/mol. The van der Waals surface area contributed by atoms with Crippen LogP contribution in [0.25, 0.3) is 0 Å². The van der Waals surface area contributed by atoms with Crippen molar-refractivity contribution in [1.82, 2.24) is 4.31 Å². The molecule has 0 saturated carbocycles. The van der Waals surface area contributed by atoms with Crippen LogP contribution < -0.4 is 5.32 Å². The van der Waals surface area contributed by atoms with Crippen LogP contribution in [0.3, 0.4) is 0 Å². The molecule has 1 rings (SSSR count). The minimum Gasteiger partial charge on any atom is -0.324 e. The number of halogens is 2. The van der Waals surface area contributed by atoms with E-state index in [0.29, 0.717) is 18.8 Å². The standard InChI is InChI=1S/C16H24Cl2N2O3S/c1-11(2)9-20(10-12(3)4)24(22,23)14-7-5-13(6-8-14)19-16(21)15(17)18/h5-8,11-12,15H,9-10H2,1-4H3,(H,19,21). The molecule has 0 unspecified atom stereocenters. The quantitative estimate of drug-likeness (QED) is 0.682. The summed E-state index contributed by atoms with van der Waals surface area (Å²) < 4.78 is 27.2. The first-order chi connectivity index (χ1) is 11.0. The van der Waals surface area contributed by atoms with Gasteiger partial charge in [-0.3, -0.25) is 4.79 Å². The van der Waals surface area contributed by atoms with Gasteiger partial charge < -0.3 is 5.32 Å². The van der Waals surface area contributed by atoms with Crippen molar-refractivity contribution in [2.75, 3.05) is 18.4 Å². The van der Waals surface area contributed by atoms with Gasteiger partial charge in [0.2, 0.25) is 10.0 Å². The zero-order valence-corrected chi connectivity index (χ0v) is 16.6. The second kappa shape index (κ2) is 9.04. The second-order valence-corrected chi connectivity index (χ2v) is 9.46. The highest BCUT2D eigenvalue weighted by atomic mass is 35.5. The van der Waals surface area contributed by atoms with E-state index in [1.807, 2.05) is 27.7 Å². The van der Waals surface area contributed by atoms with E-state index in [1.165, 1.54) is 28.6 Å². The summed E-state index contributed by atoms with van der Waals surface area (Å²) in [7, 11) is -3.58. The smallest absolute Gasteiger partial charge is 0.257 e. The number of nitrogens with zero attached hydrogens (tertiary/aromatic N) is 1. The van der Waals surface area contributed by atoms with Crippen LogP contribution in [0.1, 0.15) is 27.7 Å². The molecule has 0 bridgehead atoms. The zero-order valence-electron chi connectivity index (χ0n) is 14.3. The lowest BCUT2D eigenvalue weighted by molar-refractivity contribution is -0.114.